The predicted octanol–water partition coefficient (Wildman–Crippen LogP) is 0.214. The Balaban J connectivity index is 2.21. The van der Waals surface area contributed by atoms with Crippen LogP contribution in [0.5, 0.6) is 0 Å². The minimum absolute atomic E-state index is 0.519. The Morgan fingerprint density at radius 3 is 2.71 bits per heavy atom. The topological polar surface area (TPSA) is 26.0 Å². The molecule has 1 heteroatoms. The SMILES string of the molecule is C#C[C@@H]1C[C@@H]1CN. The molecule has 1 nitrogen and oxygen atoms in total. The summed E-state index contributed by atoms with van der Waals surface area (Å²) in [6.45, 7) is 0.773. The minimum Gasteiger partial charge on any atom is -0.330 e. The maximum atomic E-state index is 5.30. The maximum Gasteiger partial charge on any atom is 0.0244 e. The van der Waals surface area contributed by atoms with Gasteiger partial charge in [-0.1, -0.05) is 0 Å². The van der Waals surface area contributed by atoms with Gasteiger partial charge in [-0.2, -0.15) is 0 Å². The van der Waals surface area contributed by atoms with Gasteiger partial charge >= 0.3 is 0 Å². The van der Waals surface area contributed by atoms with E-state index in [-0.39, 0.29) is 0 Å². The van der Waals surface area contributed by atoms with Gasteiger partial charge in [-0.15, -0.1) is 12.3 Å². The summed E-state index contributed by atoms with van der Waals surface area (Å²) in [6.07, 6.45) is 6.25. The lowest BCUT2D eigenvalue weighted by atomic mass is 10.3. The molecule has 0 saturated heterocycles. The maximum absolute atomic E-state index is 5.30. The first-order valence-electron chi connectivity index (χ1n) is 2.54. The van der Waals surface area contributed by atoms with Crippen LogP contribution >= 0.6 is 0 Å². The monoisotopic (exact) mass is 95.1 g/mol. The summed E-state index contributed by atoms with van der Waals surface area (Å²) in [5, 5.41) is 0. The van der Waals surface area contributed by atoms with Crippen molar-refractivity contribution in [2.75, 3.05) is 6.54 Å². The molecule has 0 aromatic carbocycles. The van der Waals surface area contributed by atoms with Crippen LogP contribution in [0.3, 0.4) is 0 Å². The minimum atomic E-state index is 0.519. The molecule has 1 rings (SSSR count). The third kappa shape index (κ3) is 0.755. The Morgan fingerprint density at radius 2 is 2.57 bits per heavy atom. The number of rotatable bonds is 1. The van der Waals surface area contributed by atoms with E-state index >= 15 is 0 Å². The molecule has 38 valence electrons. The summed E-state index contributed by atoms with van der Waals surface area (Å²) in [5.74, 6) is 3.84. The van der Waals surface area contributed by atoms with Crippen LogP contribution in [0.4, 0.5) is 0 Å². The highest BCUT2D eigenvalue weighted by Crippen LogP contribution is 2.35. The van der Waals surface area contributed by atoms with E-state index in [4.69, 9.17) is 12.2 Å². The molecule has 2 atom stereocenters. The summed E-state index contributed by atoms with van der Waals surface area (Å²) in [7, 11) is 0. The normalized spacial score (nSPS) is 37.1. The first-order valence-corrected chi connectivity index (χ1v) is 2.54. The molecule has 2 N–H and O–H groups in total. The number of hydrogen-bond donors (Lipinski definition) is 1. The molecule has 0 aromatic rings. The average molecular weight is 95.1 g/mol. The number of nitrogens with two attached hydrogens (primary N) is 1. The van der Waals surface area contributed by atoms with Gasteiger partial charge in [0.05, 0.1) is 0 Å². The van der Waals surface area contributed by atoms with Crippen molar-refractivity contribution in [2.24, 2.45) is 17.6 Å². The van der Waals surface area contributed by atoms with Gasteiger partial charge in [0.1, 0.15) is 0 Å². The fourth-order valence-electron chi connectivity index (χ4n) is 0.712. The molecule has 1 fully saturated rings. The summed E-state index contributed by atoms with van der Waals surface area (Å²) >= 11 is 0. The van der Waals surface area contributed by atoms with Crippen molar-refractivity contribution < 1.29 is 0 Å². The highest BCUT2D eigenvalue weighted by atomic mass is 14.6. The van der Waals surface area contributed by atoms with Gasteiger partial charge in [0, 0.05) is 5.92 Å². The molecule has 0 radical (unpaired) electrons. The van der Waals surface area contributed by atoms with Gasteiger partial charge in [-0.3, -0.25) is 0 Å². The molecule has 0 aromatic heterocycles. The van der Waals surface area contributed by atoms with E-state index in [1.54, 1.807) is 0 Å². The smallest absolute Gasteiger partial charge is 0.0244 e. The molecule has 0 bridgehead atoms. The van der Waals surface area contributed by atoms with Crippen LogP contribution in [-0.4, -0.2) is 6.54 Å². The lowest BCUT2D eigenvalue weighted by Crippen LogP contribution is -2.01. The van der Waals surface area contributed by atoms with E-state index in [1.165, 1.54) is 0 Å². The van der Waals surface area contributed by atoms with Crippen LogP contribution in [0.15, 0.2) is 0 Å². The van der Waals surface area contributed by atoms with Crippen molar-refractivity contribution in [1.29, 1.82) is 0 Å². The Kier molecular flexibility index (Phi) is 1.04. The van der Waals surface area contributed by atoms with E-state index in [9.17, 15) is 0 Å². The molecular weight excluding hydrogens is 86.1 g/mol. The average Bonchev–Trinajstić information content (AvgIpc) is 2.43. The second-order valence-corrected chi connectivity index (χ2v) is 2.00. The van der Waals surface area contributed by atoms with Gasteiger partial charge < -0.3 is 5.73 Å². The molecule has 1 aliphatic rings. The van der Waals surface area contributed by atoms with Gasteiger partial charge in [-0.25, -0.2) is 0 Å². The summed E-state index contributed by atoms with van der Waals surface area (Å²) < 4.78 is 0. The van der Waals surface area contributed by atoms with E-state index in [0.717, 1.165) is 13.0 Å². The summed E-state index contributed by atoms with van der Waals surface area (Å²) in [5.41, 5.74) is 5.30. The zero-order valence-corrected chi connectivity index (χ0v) is 4.22. The fourth-order valence-corrected chi connectivity index (χ4v) is 0.712. The lowest BCUT2D eigenvalue weighted by molar-refractivity contribution is 0.808. The van der Waals surface area contributed by atoms with Gasteiger partial charge in [0.2, 0.25) is 0 Å². The molecule has 0 amide bonds. The summed E-state index contributed by atoms with van der Waals surface area (Å²) in [6, 6.07) is 0. The van der Waals surface area contributed by atoms with Crippen LogP contribution in [0.25, 0.3) is 0 Å². The van der Waals surface area contributed by atoms with Gasteiger partial charge in [0.25, 0.3) is 0 Å². The Bertz CT molecular complexity index is 101. The second kappa shape index (κ2) is 1.55. The standard InChI is InChI=1S/C6H9N/c1-2-5-3-6(5)4-7/h1,5-6H,3-4,7H2/t5-,6-/m1/s1. The van der Waals surface area contributed by atoms with Crippen LogP contribution in [0, 0.1) is 24.2 Å². The zero-order chi connectivity index (χ0) is 5.28. The van der Waals surface area contributed by atoms with E-state index in [0.29, 0.717) is 11.8 Å². The van der Waals surface area contributed by atoms with Crippen molar-refractivity contribution in [2.45, 2.75) is 6.42 Å². The fraction of sp³-hybridized carbons (Fsp3) is 0.667. The quantitative estimate of drug-likeness (QED) is 0.463. The molecule has 1 aliphatic carbocycles. The predicted molar refractivity (Wildman–Crippen MR) is 29.5 cm³/mol. The molecular formula is C6H9N. The van der Waals surface area contributed by atoms with Crippen LogP contribution in [-0.2, 0) is 0 Å². The zero-order valence-electron chi connectivity index (χ0n) is 4.22. The first-order chi connectivity index (χ1) is 3.38. The van der Waals surface area contributed by atoms with Crippen LogP contribution < -0.4 is 5.73 Å². The summed E-state index contributed by atoms with van der Waals surface area (Å²) in [4.78, 5) is 0. The third-order valence-electron chi connectivity index (χ3n) is 1.44. The van der Waals surface area contributed by atoms with E-state index in [2.05, 4.69) is 5.92 Å². The molecule has 0 spiro atoms. The lowest BCUT2D eigenvalue weighted by Gasteiger charge is -1.80. The number of terminal acetylenes is 1. The van der Waals surface area contributed by atoms with Crippen molar-refractivity contribution >= 4 is 0 Å². The molecule has 0 heterocycles. The molecule has 0 aliphatic heterocycles. The van der Waals surface area contributed by atoms with Gasteiger partial charge in [-0.05, 0) is 18.9 Å². The van der Waals surface area contributed by atoms with Crippen LogP contribution in [0.2, 0.25) is 0 Å². The molecule has 7 heavy (non-hydrogen) atoms. The Labute approximate surface area is 43.9 Å². The molecule has 1 saturated carbocycles. The Hall–Kier alpha value is -0.480. The highest BCUT2D eigenvalue weighted by molar-refractivity contribution is 5.07. The number of hydrogen-bond acceptors (Lipinski definition) is 1. The van der Waals surface area contributed by atoms with Crippen molar-refractivity contribution in [3.63, 3.8) is 0 Å². The largest absolute Gasteiger partial charge is 0.330 e. The van der Waals surface area contributed by atoms with E-state index in [1.807, 2.05) is 0 Å². The van der Waals surface area contributed by atoms with Crippen LogP contribution in [0.1, 0.15) is 6.42 Å². The first kappa shape index (κ1) is 4.67. The highest BCUT2D eigenvalue weighted by Gasteiger charge is 2.33. The van der Waals surface area contributed by atoms with Crippen molar-refractivity contribution in [3.8, 4) is 12.3 Å². The second-order valence-electron chi connectivity index (χ2n) is 2.00. The molecule has 0 unspecified atom stereocenters. The Morgan fingerprint density at radius 1 is 1.86 bits per heavy atom. The van der Waals surface area contributed by atoms with Crippen molar-refractivity contribution in [1.82, 2.24) is 0 Å². The van der Waals surface area contributed by atoms with Crippen molar-refractivity contribution in [3.05, 3.63) is 0 Å². The third-order valence-corrected chi connectivity index (χ3v) is 1.44. The van der Waals surface area contributed by atoms with E-state index < -0.39 is 0 Å². The van der Waals surface area contributed by atoms with Gasteiger partial charge in [0.15, 0.2) is 0 Å².